The van der Waals surface area contributed by atoms with Gasteiger partial charge in [0.1, 0.15) is 0 Å². The van der Waals surface area contributed by atoms with Crippen molar-refractivity contribution in [2.75, 3.05) is 18.9 Å². The van der Waals surface area contributed by atoms with Crippen LogP contribution in [0.4, 0.5) is 5.82 Å². The molecule has 0 amide bonds. The third-order valence-corrected chi connectivity index (χ3v) is 2.85. The Hall–Kier alpha value is -2.12. The van der Waals surface area contributed by atoms with Crippen LogP contribution in [0.5, 0.6) is 0 Å². The lowest BCUT2D eigenvalue weighted by Crippen LogP contribution is -2.22. The predicted molar refractivity (Wildman–Crippen MR) is 75.5 cm³/mol. The molecule has 0 radical (unpaired) electrons. The number of hydrogen-bond donors (Lipinski definition) is 1. The monoisotopic (exact) mass is 298 g/mol. The molecule has 0 bridgehead atoms. The van der Waals surface area contributed by atoms with Crippen molar-refractivity contribution < 1.29 is 19.1 Å². The molecule has 8 heteroatoms. The second kappa shape index (κ2) is 7.61. The summed E-state index contributed by atoms with van der Waals surface area (Å²) in [5, 5.41) is 7.38. The first-order chi connectivity index (χ1) is 9.88. The molecule has 0 aliphatic rings. The number of esters is 2. The van der Waals surface area contributed by atoms with E-state index >= 15 is 0 Å². The molecule has 1 rings (SSSR count). The maximum absolute atomic E-state index is 11.9. The Balaban J connectivity index is 2.72. The Kier molecular flexibility index (Phi) is 6.13. The molecule has 8 nitrogen and oxygen atoms in total. The molecule has 0 aliphatic carbocycles. The second-order valence-electron chi connectivity index (χ2n) is 5.01. The number of ether oxygens (including phenoxy) is 2. The molecule has 118 valence electrons. The fraction of sp³-hybridized carbons (Fsp3) is 0.692. The van der Waals surface area contributed by atoms with Crippen molar-refractivity contribution in [3.63, 3.8) is 0 Å². The van der Waals surface area contributed by atoms with E-state index in [0.29, 0.717) is 12.5 Å². The quantitative estimate of drug-likeness (QED) is 0.753. The highest BCUT2D eigenvalue weighted by molar-refractivity contribution is 5.92. The fourth-order valence-corrected chi connectivity index (χ4v) is 1.55. The van der Waals surface area contributed by atoms with E-state index in [1.807, 2.05) is 13.8 Å². The lowest BCUT2D eigenvalue weighted by molar-refractivity contribution is -0.147. The van der Waals surface area contributed by atoms with Gasteiger partial charge in [-0.05, 0) is 26.2 Å². The van der Waals surface area contributed by atoms with Crippen molar-refractivity contribution in [3.05, 3.63) is 5.69 Å². The van der Waals surface area contributed by atoms with Crippen molar-refractivity contribution in [1.29, 1.82) is 0 Å². The van der Waals surface area contributed by atoms with E-state index in [4.69, 9.17) is 15.2 Å². The maximum atomic E-state index is 11.9. The Morgan fingerprint density at radius 1 is 1.29 bits per heavy atom. The molecule has 0 aromatic carbocycles. The van der Waals surface area contributed by atoms with Gasteiger partial charge in [0.25, 0.3) is 0 Å². The molecule has 0 saturated heterocycles. The van der Waals surface area contributed by atoms with E-state index in [1.54, 1.807) is 13.8 Å². The molecule has 1 unspecified atom stereocenters. The van der Waals surface area contributed by atoms with Gasteiger partial charge in [-0.25, -0.2) is 14.3 Å². The number of anilines is 1. The van der Waals surface area contributed by atoms with Crippen molar-refractivity contribution in [2.24, 2.45) is 5.92 Å². The molecule has 1 aromatic heterocycles. The van der Waals surface area contributed by atoms with Gasteiger partial charge in [0.05, 0.1) is 13.2 Å². The summed E-state index contributed by atoms with van der Waals surface area (Å²) >= 11 is 0. The summed E-state index contributed by atoms with van der Waals surface area (Å²) in [7, 11) is 0. The normalized spacial score (nSPS) is 12.2. The number of rotatable bonds is 7. The standard InChI is InChI=1S/C13H22N4O4/c1-5-20-13(19)10-11(14)17(16-15-10)9(4)12(18)21-7-6-8(2)3/h8-9H,5-7,14H2,1-4H3. The van der Waals surface area contributed by atoms with Crippen molar-refractivity contribution in [1.82, 2.24) is 15.0 Å². The largest absolute Gasteiger partial charge is 0.464 e. The summed E-state index contributed by atoms with van der Waals surface area (Å²) in [6.07, 6.45) is 0.777. The van der Waals surface area contributed by atoms with Crippen LogP contribution in [0.15, 0.2) is 0 Å². The molecular formula is C13H22N4O4. The van der Waals surface area contributed by atoms with Gasteiger partial charge in [-0.2, -0.15) is 0 Å². The Morgan fingerprint density at radius 3 is 2.52 bits per heavy atom. The van der Waals surface area contributed by atoms with Gasteiger partial charge in [-0.3, -0.25) is 0 Å². The van der Waals surface area contributed by atoms with E-state index in [9.17, 15) is 9.59 Å². The van der Waals surface area contributed by atoms with Gasteiger partial charge >= 0.3 is 11.9 Å². The maximum Gasteiger partial charge on any atom is 0.362 e. The zero-order valence-corrected chi connectivity index (χ0v) is 12.8. The zero-order valence-electron chi connectivity index (χ0n) is 12.8. The smallest absolute Gasteiger partial charge is 0.362 e. The summed E-state index contributed by atoms with van der Waals surface area (Å²) in [5.74, 6) is -0.703. The summed E-state index contributed by atoms with van der Waals surface area (Å²) in [6, 6.07) is -0.757. The van der Waals surface area contributed by atoms with Gasteiger partial charge in [0.2, 0.25) is 5.69 Å². The number of nitrogens with two attached hydrogens (primary N) is 1. The number of nitrogen functional groups attached to an aromatic ring is 1. The van der Waals surface area contributed by atoms with E-state index in [1.165, 1.54) is 0 Å². The summed E-state index contributed by atoms with van der Waals surface area (Å²) in [6.45, 7) is 7.87. The lowest BCUT2D eigenvalue weighted by atomic mass is 10.1. The number of nitrogens with zero attached hydrogens (tertiary/aromatic N) is 3. The Labute approximate surface area is 123 Å². The molecule has 0 saturated carbocycles. The van der Waals surface area contributed by atoms with Crippen LogP contribution in [0, 0.1) is 5.92 Å². The van der Waals surface area contributed by atoms with E-state index in [0.717, 1.165) is 11.1 Å². The van der Waals surface area contributed by atoms with E-state index in [2.05, 4.69) is 10.3 Å². The molecule has 0 spiro atoms. The van der Waals surface area contributed by atoms with Gasteiger partial charge in [-0.15, -0.1) is 5.10 Å². The molecule has 1 aromatic rings. The zero-order chi connectivity index (χ0) is 16.0. The van der Waals surface area contributed by atoms with Crippen LogP contribution in [-0.2, 0) is 14.3 Å². The Morgan fingerprint density at radius 2 is 1.95 bits per heavy atom. The fourth-order valence-electron chi connectivity index (χ4n) is 1.55. The summed E-state index contributed by atoms with van der Waals surface area (Å²) in [4.78, 5) is 23.5. The summed E-state index contributed by atoms with van der Waals surface area (Å²) < 4.78 is 11.1. The Bertz CT molecular complexity index is 498. The minimum atomic E-state index is -0.757. The number of hydrogen-bond acceptors (Lipinski definition) is 7. The van der Waals surface area contributed by atoms with Crippen LogP contribution in [0.25, 0.3) is 0 Å². The minimum absolute atomic E-state index is 0.0123. The van der Waals surface area contributed by atoms with Crippen LogP contribution in [0.2, 0.25) is 0 Å². The predicted octanol–water partition coefficient (Wildman–Crippen LogP) is 1.19. The number of carbonyl (C=O) groups excluding carboxylic acids is 2. The number of carbonyl (C=O) groups is 2. The van der Waals surface area contributed by atoms with Crippen molar-refractivity contribution >= 4 is 17.8 Å². The van der Waals surface area contributed by atoms with Crippen LogP contribution in [-0.4, -0.2) is 40.1 Å². The highest BCUT2D eigenvalue weighted by Crippen LogP contribution is 2.16. The van der Waals surface area contributed by atoms with Gasteiger partial charge in [0.15, 0.2) is 11.9 Å². The molecule has 0 fully saturated rings. The van der Waals surface area contributed by atoms with Gasteiger partial charge in [-0.1, -0.05) is 19.1 Å². The van der Waals surface area contributed by atoms with Crippen LogP contribution in [0.1, 0.15) is 50.6 Å². The molecule has 1 heterocycles. The second-order valence-corrected chi connectivity index (χ2v) is 5.01. The first kappa shape index (κ1) is 16.9. The van der Waals surface area contributed by atoms with E-state index in [-0.39, 0.29) is 18.1 Å². The van der Waals surface area contributed by atoms with Gasteiger partial charge < -0.3 is 15.2 Å². The molecule has 0 aliphatic heterocycles. The SMILES string of the molecule is CCOC(=O)c1nnn(C(C)C(=O)OCCC(C)C)c1N. The molecule has 2 N–H and O–H groups in total. The first-order valence-corrected chi connectivity index (χ1v) is 6.92. The third-order valence-electron chi connectivity index (χ3n) is 2.85. The van der Waals surface area contributed by atoms with Crippen molar-refractivity contribution in [2.45, 2.75) is 40.2 Å². The lowest BCUT2D eigenvalue weighted by Gasteiger charge is -2.13. The third kappa shape index (κ3) is 4.44. The molecule has 1 atom stereocenters. The average Bonchev–Trinajstić information content (AvgIpc) is 2.79. The van der Waals surface area contributed by atoms with Gasteiger partial charge in [0, 0.05) is 0 Å². The van der Waals surface area contributed by atoms with E-state index < -0.39 is 18.0 Å². The first-order valence-electron chi connectivity index (χ1n) is 6.92. The van der Waals surface area contributed by atoms with Crippen LogP contribution < -0.4 is 5.73 Å². The average molecular weight is 298 g/mol. The topological polar surface area (TPSA) is 109 Å². The highest BCUT2D eigenvalue weighted by Gasteiger charge is 2.25. The minimum Gasteiger partial charge on any atom is -0.464 e. The molecular weight excluding hydrogens is 276 g/mol. The van der Waals surface area contributed by atoms with Crippen molar-refractivity contribution in [3.8, 4) is 0 Å². The summed E-state index contributed by atoms with van der Waals surface area (Å²) in [5.41, 5.74) is 5.68. The molecule has 21 heavy (non-hydrogen) atoms. The van der Waals surface area contributed by atoms with Crippen LogP contribution >= 0.6 is 0 Å². The highest BCUT2D eigenvalue weighted by atomic mass is 16.5. The number of aromatic nitrogens is 3. The van der Waals surface area contributed by atoms with Crippen LogP contribution in [0.3, 0.4) is 0 Å².